The summed E-state index contributed by atoms with van der Waals surface area (Å²) in [6.45, 7) is 7.17. The van der Waals surface area contributed by atoms with Crippen molar-refractivity contribution in [1.29, 1.82) is 0 Å². The first kappa shape index (κ1) is 18.9. The maximum Gasteiger partial charge on any atom is 0.243 e. The van der Waals surface area contributed by atoms with Crippen LogP contribution in [-0.2, 0) is 10.0 Å². The minimum absolute atomic E-state index is 0.421. The van der Waals surface area contributed by atoms with Crippen molar-refractivity contribution < 1.29 is 8.42 Å². The van der Waals surface area contributed by atoms with Crippen LogP contribution in [0.15, 0.2) is 47.4 Å². The molecule has 0 bridgehead atoms. The summed E-state index contributed by atoms with van der Waals surface area (Å²) in [7, 11) is -3.40. The Morgan fingerprint density at radius 1 is 0.889 bits per heavy atom. The molecule has 0 radical (unpaired) electrons. The van der Waals surface area contributed by atoms with Gasteiger partial charge < -0.3 is 4.90 Å². The molecule has 27 heavy (non-hydrogen) atoms. The van der Waals surface area contributed by atoms with Gasteiger partial charge in [-0.15, -0.1) is 0 Å². The lowest BCUT2D eigenvalue weighted by Crippen LogP contribution is -2.43. The van der Waals surface area contributed by atoms with Crippen LogP contribution in [0.25, 0.3) is 10.8 Å². The van der Waals surface area contributed by atoms with Crippen molar-refractivity contribution >= 4 is 20.8 Å². The second-order valence-electron chi connectivity index (χ2n) is 8.34. The molecular weight excluding hydrogens is 356 g/mol. The predicted molar refractivity (Wildman–Crippen MR) is 110 cm³/mol. The molecule has 0 aliphatic carbocycles. The molecule has 0 atom stereocenters. The van der Waals surface area contributed by atoms with Gasteiger partial charge >= 0.3 is 0 Å². The summed E-state index contributed by atoms with van der Waals surface area (Å²) in [6, 6.07) is 13.4. The normalized spacial score (nSPS) is 21.7. The third-order valence-electron chi connectivity index (χ3n) is 6.32. The molecule has 2 aromatic rings. The van der Waals surface area contributed by atoms with E-state index >= 15 is 0 Å². The highest BCUT2D eigenvalue weighted by Gasteiger charge is 2.30. The van der Waals surface area contributed by atoms with Crippen LogP contribution in [0.4, 0.5) is 0 Å². The third kappa shape index (κ3) is 4.20. The highest BCUT2D eigenvalue weighted by atomic mass is 32.2. The molecule has 0 saturated carbocycles. The Balaban J connectivity index is 1.39. The Kier molecular flexibility index (Phi) is 5.53. The molecule has 2 aliphatic rings. The largest absolute Gasteiger partial charge is 0.303 e. The molecule has 0 amide bonds. The summed E-state index contributed by atoms with van der Waals surface area (Å²) in [5.41, 5.74) is 0. The Hall–Kier alpha value is -1.43. The number of benzene rings is 2. The topological polar surface area (TPSA) is 40.6 Å². The van der Waals surface area contributed by atoms with Crippen LogP contribution < -0.4 is 0 Å². The molecule has 0 unspecified atom stereocenters. The van der Waals surface area contributed by atoms with Crippen molar-refractivity contribution in [2.75, 3.05) is 32.7 Å². The number of hydrogen-bond donors (Lipinski definition) is 0. The van der Waals surface area contributed by atoms with E-state index in [-0.39, 0.29) is 0 Å². The molecule has 2 fully saturated rings. The van der Waals surface area contributed by atoms with E-state index in [1.807, 2.05) is 36.4 Å². The van der Waals surface area contributed by atoms with Crippen LogP contribution >= 0.6 is 0 Å². The highest BCUT2D eigenvalue weighted by molar-refractivity contribution is 7.89. The monoisotopic (exact) mass is 386 g/mol. The van der Waals surface area contributed by atoms with Crippen molar-refractivity contribution in [3.63, 3.8) is 0 Å². The van der Waals surface area contributed by atoms with Crippen LogP contribution in [0.5, 0.6) is 0 Å². The predicted octanol–water partition coefficient (Wildman–Crippen LogP) is 3.97. The number of nitrogens with zero attached hydrogens (tertiary/aromatic N) is 2. The average molecular weight is 387 g/mol. The van der Waals surface area contributed by atoms with Gasteiger partial charge in [0, 0.05) is 19.6 Å². The van der Waals surface area contributed by atoms with Crippen LogP contribution in [0, 0.1) is 11.8 Å². The smallest absolute Gasteiger partial charge is 0.243 e. The van der Waals surface area contributed by atoms with Crippen LogP contribution in [0.2, 0.25) is 0 Å². The first-order chi connectivity index (χ1) is 13.0. The van der Waals surface area contributed by atoms with Gasteiger partial charge in [0.1, 0.15) is 0 Å². The Labute approximate surface area is 163 Å². The molecule has 2 heterocycles. The number of fused-ring (bicyclic) bond motifs is 1. The number of likely N-dealkylation sites (tertiary alicyclic amines) is 1. The van der Waals surface area contributed by atoms with E-state index in [2.05, 4.69) is 11.8 Å². The maximum absolute atomic E-state index is 13.1. The highest BCUT2D eigenvalue weighted by Crippen LogP contribution is 2.27. The number of sulfonamides is 1. The second kappa shape index (κ2) is 7.90. The van der Waals surface area contributed by atoms with Crippen molar-refractivity contribution in [3.8, 4) is 0 Å². The Morgan fingerprint density at radius 3 is 2.26 bits per heavy atom. The van der Waals surface area contributed by atoms with Crippen molar-refractivity contribution in [2.45, 2.75) is 37.5 Å². The number of piperidine rings is 2. The molecule has 5 heteroatoms. The molecule has 2 aromatic carbocycles. The fourth-order valence-electron chi connectivity index (χ4n) is 4.42. The number of hydrogen-bond acceptors (Lipinski definition) is 3. The molecular formula is C22H30N2O2S. The van der Waals surface area contributed by atoms with Gasteiger partial charge in [-0.05, 0) is 73.5 Å². The fraction of sp³-hybridized carbons (Fsp3) is 0.545. The zero-order valence-corrected chi connectivity index (χ0v) is 17.0. The van der Waals surface area contributed by atoms with Gasteiger partial charge in [-0.3, -0.25) is 0 Å². The molecule has 0 N–H and O–H groups in total. The summed E-state index contributed by atoms with van der Waals surface area (Å²) in [5, 5.41) is 2.05. The summed E-state index contributed by atoms with van der Waals surface area (Å²) >= 11 is 0. The minimum Gasteiger partial charge on any atom is -0.303 e. The molecule has 4 rings (SSSR count). The van der Waals surface area contributed by atoms with Crippen LogP contribution in [0.1, 0.15) is 32.6 Å². The van der Waals surface area contributed by atoms with Crippen LogP contribution in [0.3, 0.4) is 0 Å². The first-order valence-corrected chi connectivity index (χ1v) is 11.7. The molecule has 146 valence electrons. The fourth-order valence-corrected chi connectivity index (χ4v) is 5.92. The minimum atomic E-state index is -3.40. The van der Waals surface area contributed by atoms with E-state index in [1.54, 1.807) is 10.4 Å². The Bertz CT molecular complexity index is 880. The van der Waals surface area contributed by atoms with E-state index in [0.29, 0.717) is 23.9 Å². The zero-order chi connectivity index (χ0) is 18.9. The summed E-state index contributed by atoms with van der Waals surface area (Å²) in [5.74, 6) is 1.48. The SMILES string of the molecule is CC1CCN(CC2CCN(S(=O)(=O)c3ccc4ccccc4c3)CC2)CC1. The molecule has 2 aliphatic heterocycles. The van der Waals surface area contributed by atoms with E-state index < -0.39 is 10.0 Å². The Morgan fingerprint density at radius 2 is 1.56 bits per heavy atom. The standard InChI is InChI=1S/C22H30N2O2S/c1-18-8-12-23(13-9-18)17-19-10-14-24(15-11-19)27(25,26)22-7-6-20-4-2-3-5-21(20)16-22/h2-7,16,18-19H,8-15,17H2,1H3. The zero-order valence-electron chi connectivity index (χ0n) is 16.2. The molecule has 4 nitrogen and oxygen atoms in total. The first-order valence-electron chi connectivity index (χ1n) is 10.2. The van der Waals surface area contributed by atoms with Gasteiger partial charge in [-0.2, -0.15) is 4.31 Å². The van der Waals surface area contributed by atoms with E-state index in [1.165, 1.54) is 25.9 Å². The quantitative estimate of drug-likeness (QED) is 0.798. The maximum atomic E-state index is 13.1. The van der Waals surface area contributed by atoms with Gasteiger partial charge in [0.25, 0.3) is 0 Å². The summed E-state index contributed by atoms with van der Waals surface area (Å²) in [4.78, 5) is 3.00. The second-order valence-corrected chi connectivity index (χ2v) is 10.3. The van der Waals surface area contributed by atoms with Crippen molar-refractivity contribution in [1.82, 2.24) is 9.21 Å². The summed E-state index contributed by atoms with van der Waals surface area (Å²) < 4.78 is 27.8. The van der Waals surface area contributed by atoms with Gasteiger partial charge in [-0.25, -0.2) is 8.42 Å². The third-order valence-corrected chi connectivity index (χ3v) is 8.22. The average Bonchev–Trinajstić information content (AvgIpc) is 2.70. The lowest BCUT2D eigenvalue weighted by atomic mass is 9.94. The van der Waals surface area contributed by atoms with Crippen LogP contribution in [-0.4, -0.2) is 50.3 Å². The van der Waals surface area contributed by atoms with Gasteiger partial charge in [0.05, 0.1) is 4.90 Å². The number of rotatable bonds is 4. The molecule has 0 aromatic heterocycles. The lowest BCUT2D eigenvalue weighted by molar-refractivity contribution is 0.142. The van der Waals surface area contributed by atoms with E-state index in [9.17, 15) is 8.42 Å². The summed E-state index contributed by atoms with van der Waals surface area (Å²) in [6.07, 6.45) is 4.54. The van der Waals surface area contributed by atoms with Gasteiger partial charge in [0.15, 0.2) is 0 Å². The van der Waals surface area contributed by atoms with E-state index in [4.69, 9.17) is 0 Å². The van der Waals surface area contributed by atoms with Gasteiger partial charge in [0.2, 0.25) is 10.0 Å². The van der Waals surface area contributed by atoms with Gasteiger partial charge in [-0.1, -0.05) is 37.3 Å². The lowest BCUT2D eigenvalue weighted by Gasteiger charge is -2.36. The molecule has 2 saturated heterocycles. The van der Waals surface area contributed by atoms with E-state index in [0.717, 1.165) is 36.1 Å². The van der Waals surface area contributed by atoms with Crippen molar-refractivity contribution in [3.05, 3.63) is 42.5 Å². The van der Waals surface area contributed by atoms with Crippen molar-refractivity contribution in [2.24, 2.45) is 11.8 Å². The molecule has 0 spiro atoms.